The summed E-state index contributed by atoms with van der Waals surface area (Å²) in [6, 6.07) is 7.51. The van der Waals surface area contributed by atoms with Gasteiger partial charge in [-0.2, -0.15) is 0 Å². The molecule has 0 fully saturated rings. The Hall–Kier alpha value is -2.30. The van der Waals surface area contributed by atoms with Crippen LogP contribution in [0.15, 0.2) is 28.7 Å². The summed E-state index contributed by atoms with van der Waals surface area (Å²) in [5.74, 6) is 1.41. The Morgan fingerprint density at radius 2 is 1.90 bits per heavy atom. The van der Waals surface area contributed by atoms with E-state index >= 15 is 0 Å². The third-order valence-electron chi connectivity index (χ3n) is 3.28. The van der Waals surface area contributed by atoms with Crippen LogP contribution in [0.5, 0.6) is 0 Å². The molecule has 1 aromatic carbocycles. The second-order valence-electron chi connectivity index (χ2n) is 5.19. The minimum Gasteiger partial charge on any atom is -0.446 e. The van der Waals surface area contributed by atoms with Gasteiger partial charge in [-0.1, -0.05) is 0 Å². The van der Waals surface area contributed by atoms with Crippen molar-refractivity contribution in [3.8, 4) is 0 Å². The molecule has 5 heteroatoms. The third-order valence-corrected chi connectivity index (χ3v) is 3.28. The lowest BCUT2D eigenvalue weighted by atomic mass is 10.2. The van der Waals surface area contributed by atoms with Crippen molar-refractivity contribution in [3.05, 3.63) is 47.2 Å². The fourth-order valence-electron chi connectivity index (χ4n) is 2.11. The van der Waals surface area contributed by atoms with Gasteiger partial charge in [-0.15, -0.1) is 0 Å². The molecule has 2 rings (SSSR count). The van der Waals surface area contributed by atoms with Crippen molar-refractivity contribution in [2.45, 2.75) is 20.3 Å². The Balaban J connectivity index is 1.88. The molecule has 112 valence electrons. The van der Waals surface area contributed by atoms with E-state index in [-0.39, 0.29) is 5.91 Å². The molecule has 1 heterocycles. The average Bonchev–Trinajstić information content (AvgIpc) is 2.77. The molecule has 0 aliphatic carbocycles. The fourth-order valence-corrected chi connectivity index (χ4v) is 2.11. The van der Waals surface area contributed by atoms with Crippen LogP contribution in [0.1, 0.15) is 27.7 Å². The number of carbonyl (C=O) groups is 1. The van der Waals surface area contributed by atoms with E-state index in [0.717, 1.165) is 17.1 Å². The number of rotatable bonds is 5. The van der Waals surface area contributed by atoms with Crippen LogP contribution < -0.4 is 10.2 Å². The van der Waals surface area contributed by atoms with Crippen molar-refractivity contribution >= 4 is 11.6 Å². The summed E-state index contributed by atoms with van der Waals surface area (Å²) in [5.41, 5.74) is 2.61. The Kier molecular flexibility index (Phi) is 4.62. The summed E-state index contributed by atoms with van der Waals surface area (Å²) in [4.78, 5) is 18.2. The number of oxazole rings is 1. The molecule has 2 aromatic rings. The first-order chi connectivity index (χ1) is 9.97. The van der Waals surface area contributed by atoms with E-state index in [9.17, 15) is 4.79 Å². The second kappa shape index (κ2) is 6.43. The molecule has 0 unspecified atom stereocenters. The number of nitrogens with zero attached hydrogens (tertiary/aromatic N) is 2. The number of anilines is 1. The number of hydrogen-bond acceptors (Lipinski definition) is 4. The maximum atomic E-state index is 12.0. The van der Waals surface area contributed by atoms with Crippen LogP contribution in [0.2, 0.25) is 0 Å². The van der Waals surface area contributed by atoms with Gasteiger partial charge in [0.15, 0.2) is 5.89 Å². The molecular weight excluding hydrogens is 266 g/mol. The van der Waals surface area contributed by atoms with Gasteiger partial charge < -0.3 is 14.6 Å². The van der Waals surface area contributed by atoms with Crippen LogP contribution >= 0.6 is 0 Å². The Morgan fingerprint density at radius 1 is 1.24 bits per heavy atom. The molecule has 1 amide bonds. The Labute approximate surface area is 125 Å². The van der Waals surface area contributed by atoms with E-state index in [4.69, 9.17) is 4.42 Å². The largest absolute Gasteiger partial charge is 0.446 e. The molecule has 0 radical (unpaired) electrons. The maximum Gasteiger partial charge on any atom is 0.251 e. The lowest BCUT2D eigenvalue weighted by Gasteiger charge is -2.12. The summed E-state index contributed by atoms with van der Waals surface area (Å²) in [7, 11) is 3.94. The van der Waals surface area contributed by atoms with Gasteiger partial charge in [0.05, 0.1) is 5.69 Å². The molecule has 0 atom stereocenters. The van der Waals surface area contributed by atoms with Crippen molar-refractivity contribution in [1.29, 1.82) is 0 Å². The lowest BCUT2D eigenvalue weighted by Crippen LogP contribution is -2.25. The van der Waals surface area contributed by atoms with Crippen molar-refractivity contribution < 1.29 is 9.21 Å². The topological polar surface area (TPSA) is 58.4 Å². The molecule has 1 aromatic heterocycles. The molecule has 21 heavy (non-hydrogen) atoms. The number of hydrogen-bond donors (Lipinski definition) is 1. The van der Waals surface area contributed by atoms with E-state index in [0.29, 0.717) is 24.4 Å². The van der Waals surface area contributed by atoms with E-state index in [2.05, 4.69) is 10.3 Å². The predicted molar refractivity (Wildman–Crippen MR) is 82.8 cm³/mol. The van der Waals surface area contributed by atoms with Crippen LogP contribution in [0.4, 0.5) is 5.69 Å². The number of amides is 1. The normalized spacial score (nSPS) is 10.5. The number of benzene rings is 1. The molecule has 0 aliphatic heterocycles. The lowest BCUT2D eigenvalue weighted by molar-refractivity contribution is 0.0953. The molecular formula is C16H21N3O2. The molecule has 0 saturated heterocycles. The monoisotopic (exact) mass is 287 g/mol. The van der Waals surface area contributed by atoms with E-state index < -0.39 is 0 Å². The second-order valence-corrected chi connectivity index (χ2v) is 5.19. The average molecular weight is 287 g/mol. The summed E-state index contributed by atoms with van der Waals surface area (Å²) < 4.78 is 5.48. The minimum atomic E-state index is -0.0748. The standard InChI is InChI=1S/C16H21N3O2/c1-11-15(21-12(2)18-11)9-10-17-16(20)13-5-7-14(8-6-13)19(3)4/h5-8H,9-10H2,1-4H3,(H,17,20). The first-order valence-corrected chi connectivity index (χ1v) is 6.96. The van der Waals surface area contributed by atoms with Gasteiger partial charge in [0.1, 0.15) is 5.76 Å². The number of aromatic nitrogens is 1. The Bertz CT molecular complexity index is 615. The first-order valence-electron chi connectivity index (χ1n) is 6.96. The highest BCUT2D eigenvalue weighted by molar-refractivity contribution is 5.94. The summed E-state index contributed by atoms with van der Waals surface area (Å²) in [6.07, 6.45) is 0.647. The van der Waals surface area contributed by atoms with Gasteiger partial charge >= 0.3 is 0 Å². The fraction of sp³-hybridized carbons (Fsp3) is 0.375. The number of nitrogens with one attached hydrogen (secondary N) is 1. The Morgan fingerprint density at radius 3 is 2.43 bits per heavy atom. The third kappa shape index (κ3) is 3.84. The smallest absolute Gasteiger partial charge is 0.251 e. The van der Waals surface area contributed by atoms with E-state index in [1.165, 1.54) is 0 Å². The van der Waals surface area contributed by atoms with E-state index in [1.807, 2.05) is 57.1 Å². The van der Waals surface area contributed by atoms with Crippen LogP contribution in [0.25, 0.3) is 0 Å². The van der Waals surface area contributed by atoms with Gasteiger partial charge in [0.2, 0.25) is 0 Å². The highest BCUT2D eigenvalue weighted by Gasteiger charge is 2.09. The number of carbonyl (C=O) groups excluding carboxylic acids is 1. The van der Waals surface area contributed by atoms with E-state index in [1.54, 1.807) is 0 Å². The molecule has 1 N–H and O–H groups in total. The highest BCUT2D eigenvalue weighted by atomic mass is 16.4. The van der Waals surface area contributed by atoms with Crippen molar-refractivity contribution in [2.24, 2.45) is 0 Å². The highest BCUT2D eigenvalue weighted by Crippen LogP contribution is 2.12. The van der Waals surface area contributed by atoms with Crippen LogP contribution in [0.3, 0.4) is 0 Å². The van der Waals surface area contributed by atoms with Crippen LogP contribution in [-0.4, -0.2) is 31.5 Å². The zero-order chi connectivity index (χ0) is 15.4. The van der Waals surface area contributed by atoms with Crippen molar-refractivity contribution in [3.63, 3.8) is 0 Å². The molecule has 0 saturated carbocycles. The van der Waals surface area contributed by atoms with Crippen molar-refractivity contribution in [1.82, 2.24) is 10.3 Å². The van der Waals surface area contributed by atoms with Gasteiger partial charge in [0.25, 0.3) is 5.91 Å². The zero-order valence-corrected chi connectivity index (χ0v) is 12.9. The van der Waals surface area contributed by atoms with Gasteiger partial charge in [-0.05, 0) is 31.2 Å². The summed E-state index contributed by atoms with van der Waals surface area (Å²) in [5, 5.41) is 2.89. The van der Waals surface area contributed by atoms with Gasteiger partial charge in [0, 0.05) is 45.2 Å². The van der Waals surface area contributed by atoms with Gasteiger partial charge in [-0.25, -0.2) is 4.98 Å². The molecule has 5 nitrogen and oxygen atoms in total. The quantitative estimate of drug-likeness (QED) is 0.917. The van der Waals surface area contributed by atoms with Crippen LogP contribution in [-0.2, 0) is 6.42 Å². The van der Waals surface area contributed by atoms with Crippen LogP contribution in [0, 0.1) is 13.8 Å². The summed E-state index contributed by atoms with van der Waals surface area (Å²) in [6.45, 7) is 4.26. The maximum absolute atomic E-state index is 12.0. The first kappa shape index (κ1) is 15.1. The predicted octanol–water partition coefficient (Wildman–Crippen LogP) is 2.33. The summed E-state index contributed by atoms with van der Waals surface area (Å²) >= 11 is 0. The minimum absolute atomic E-state index is 0.0748. The zero-order valence-electron chi connectivity index (χ0n) is 12.9. The van der Waals surface area contributed by atoms with Gasteiger partial charge in [-0.3, -0.25) is 4.79 Å². The molecule has 0 aliphatic rings. The SMILES string of the molecule is Cc1nc(C)c(CCNC(=O)c2ccc(N(C)C)cc2)o1. The molecule has 0 spiro atoms. The number of aryl methyl sites for hydroxylation is 2. The van der Waals surface area contributed by atoms with Crippen molar-refractivity contribution in [2.75, 3.05) is 25.5 Å². The molecule has 0 bridgehead atoms.